The van der Waals surface area contributed by atoms with E-state index in [2.05, 4.69) is 43.7 Å². The Bertz CT molecular complexity index is 873. The molecule has 0 atom stereocenters. The van der Waals surface area contributed by atoms with E-state index in [1.54, 1.807) is 16.8 Å². The molecular weight excluding hydrogens is 370 g/mol. The first-order valence-corrected chi connectivity index (χ1v) is 8.22. The molecule has 1 N–H and O–H groups in total. The van der Waals surface area contributed by atoms with E-state index < -0.39 is 0 Å². The van der Waals surface area contributed by atoms with Crippen LogP contribution in [0.4, 0.5) is 0 Å². The fourth-order valence-corrected chi connectivity index (χ4v) is 2.50. The van der Waals surface area contributed by atoms with Gasteiger partial charge in [0.25, 0.3) is 5.91 Å². The summed E-state index contributed by atoms with van der Waals surface area (Å²) in [6.45, 7) is 4.34. The predicted molar refractivity (Wildman–Crippen MR) is 93.9 cm³/mol. The van der Waals surface area contributed by atoms with Gasteiger partial charge in [-0.15, -0.1) is 5.10 Å². The monoisotopic (exact) mass is 385 g/mol. The molecule has 0 aliphatic carbocycles. The van der Waals surface area contributed by atoms with Crippen LogP contribution in [-0.4, -0.2) is 26.1 Å². The zero-order chi connectivity index (χ0) is 17.1. The topological polar surface area (TPSA) is 72.7 Å². The average molecular weight is 386 g/mol. The van der Waals surface area contributed by atoms with Crippen LogP contribution < -0.4 is 5.32 Å². The van der Waals surface area contributed by atoms with E-state index in [4.69, 9.17) is 0 Å². The smallest absolute Gasteiger partial charge is 0.251 e. The van der Waals surface area contributed by atoms with Crippen LogP contribution in [0.1, 0.15) is 27.3 Å². The molecule has 0 radical (unpaired) electrons. The first kappa shape index (κ1) is 16.3. The molecule has 3 rings (SSSR count). The van der Waals surface area contributed by atoms with Gasteiger partial charge in [0.15, 0.2) is 5.82 Å². The maximum atomic E-state index is 12.2. The van der Waals surface area contributed by atoms with Gasteiger partial charge in [0.1, 0.15) is 0 Å². The van der Waals surface area contributed by atoms with E-state index in [0.29, 0.717) is 11.4 Å². The maximum Gasteiger partial charge on any atom is 0.251 e. The van der Waals surface area contributed by atoms with Gasteiger partial charge < -0.3 is 5.32 Å². The number of rotatable bonds is 4. The van der Waals surface area contributed by atoms with Crippen molar-refractivity contribution in [2.75, 3.05) is 0 Å². The first-order chi connectivity index (χ1) is 11.5. The van der Waals surface area contributed by atoms with Gasteiger partial charge >= 0.3 is 0 Å². The van der Waals surface area contributed by atoms with Crippen molar-refractivity contribution in [1.82, 2.24) is 25.5 Å². The molecule has 24 heavy (non-hydrogen) atoms. The van der Waals surface area contributed by atoms with Crippen LogP contribution in [0.25, 0.3) is 5.69 Å². The normalized spacial score (nSPS) is 10.6. The number of carbonyl (C=O) groups excluding carboxylic acids is 1. The number of nitrogens with zero attached hydrogens (tertiary/aromatic N) is 4. The van der Waals surface area contributed by atoms with Gasteiger partial charge in [-0.2, -0.15) is 4.68 Å². The van der Waals surface area contributed by atoms with E-state index >= 15 is 0 Å². The molecule has 0 saturated carbocycles. The number of amides is 1. The molecule has 0 aliphatic rings. The quantitative estimate of drug-likeness (QED) is 0.748. The van der Waals surface area contributed by atoms with Gasteiger partial charge in [-0.05, 0) is 71.8 Å². The molecule has 0 spiro atoms. The number of tetrazole rings is 1. The highest BCUT2D eigenvalue weighted by Crippen LogP contribution is 2.14. The van der Waals surface area contributed by atoms with Gasteiger partial charge in [-0.25, -0.2) is 0 Å². The fourth-order valence-electron chi connectivity index (χ4n) is 2.24. The van der Waals surface area contributed by atoms with Crippen molar-refractivity contribution in [2.45, 2.75) is 20.4 Å². The minimum absolute atomic E-state index is 0.169. The van der Waals surface area contributed by atoms with Gasteiger partial charge in [0, 0.05) is 10.0 Å². The molecule has 1 heterocycles. The average Bonchev–Trinajstić information content (AvgIpc) is 3.04. The van der Waals surface area contributed by atoms with Crippen molar-refractivity contribution in [3.63, 3.8) is 0 Å². The Hall–Kier alpha value is -2.54. The van der Waals surface area contributed by atoms with Crippen LogP contribution in [0.2, 0.25) is 0 Å². The van der Waals surface area contributed by atoms with E-state index in [-0.39, 0.29) is 12.5 Å². The third-order valence-electron chi connectivity index (χ3n) is 3.78. The van der Waals surface area contributed by atoms with Gasteiger partial charge in [0.2, 0.25) is 0 Å². The zero-order valence-corrected chi connectivity index (χ0v) is 14.9. The number of hydrogen-bond acceptors (Lipinski definition) is 4. The Kier molecular flexibility index (Phi) is 4.71. The molecule has 1 aromatic heterocycles. The molecule has 0 unspecified atom stereocenters. The van der Waals surface area contributed by atoms with Crippen LogP contribution in [0.3, 0.4) is 0 Å². The zero-order valence-electron chi connectivity index (χ0n) is 13.3. The maximum absolute atomic E-state index is 12.2. The number of carbonyl (C=O) groups is 1. The highest BCUT2D eigenvalue weighted by Gasteiger charge is 2.11. The Morgan fingerprint density at radius 1 is 1.12 bits per heavy atom. The lowest BCUT2D eigenvalue weighted by Gasteiger charge is -2.08. The van der Waals surface area contributed by atoms with Crippen LogP contribution in [0.5, 0.6) is 0 Å². The summed E-state index contributed by atoms with van der Waals surface area (Å²) in [7, 11) is 0. The number of aromatic nitrogens is 4. The van der Waals surface area contributed by atoms with Crippen molar-refractivity contribution < 1.29 is 4.79 Å². The lowest BCUT2D eigenvalue weighted by molar-refractivity contribution is 0.0949. The summed E-state index contributed by atoms with van der Waals surface area (Å²) in [4.78, 5) is 12.2. The van der Waals surface area contributed by atoms with Gasteiger partial charge in [0.05, 0.1) is 12.2 Å². The number of halogens is 1. The van der Waals surface area contributed by atoms with Crippen molar-refractivity contribution in [1.29, 1.82) is 0 Å². The molecule has 7 heteroatoms. The Morgan fingerprint density at radius 3 is 2.58 bits per heavy atom. The van der Waals surface area contributed by atoms with Crippen LogP contribution in [-0.2, 0) is 6.54 Å². The molecule has 0 aliphatic heterocycles. The highest BCUT2D eigenvalue weighted by molar-refractivity contribution is 9.10. The van der Waals surface area contributed by atoms with E-state index in [1.807, 2.05) is 37.3 Å². The van der Waals surface area contributed by atoms with Crippen LogP contribution in [0, 0.1) is 13.8 Å². The molecule has 2 aromatic carbocycles. The third kappa shape index (κ3) is 3.51. The molecule has 0 bridgehead atoms. The van der Waals surface area contributed by atoms with Crippen molar-refractivity contribution in [3.05, 3.63) is 69.5 Å². The van der Waals surface area contributed by atoms with Crippen LogP contribution in [0.15, 0.2) is 46.9 Å². The standard InChI is InChI=1S/C17H16BrN5O/c1-11-3-8-15(9-12(11)2)23-16(20-21-22-23)10-19-17(24)13-4-6-14(18)7-5-13/h3-9H,10H2,1-2H3,(H,19,24). The second-order valence-corrected chi connectivity index (χ2v) is 6.38. The minimum Gasteiger partial charge on any atom is -0.345 e. The predicted octanol–water partition coefficient (Wildman–Crippen LogP) is 2.97. The molecule has 0 fully saturated rings. The highest BCUT2D eigenvalue weighted by atomic mass is 79.9. The molecule has 3 aromatic rings. The third-order valence-corrected chi connectivity index (χ3v) is 4.31. The Labute approximate surface area is 148 Å². The summed E-state index contributed by atoms with van der Waals surface area (Å²) in [5.74, 6) is 0.404. The van der Waals surface area contributed by atoms with Crippen molar-refractivity contribution in [3.8, 4) is 5.69 Å². The largest absolute Gasteiger partial charge is 0.345 e. The van der Waals surface area contributed by atoms with Crippen molar-refractivity contribution in [2.24, 2.45) is 0 Å². The number of benzene rings is 2. The molecule has 0 saturated heterocycles. The lowest BCUT2D eigenvalue weighted by Crippen LogP contribution is -2.24. The molecule has 1 amide bonds. The summed E-state index contributed by atoms with van der Waals surface area (Å²) in [6, 6.07) is 13.2. The van der Waals surface area contributed by atoms with Gasteiger partial charge in [-0.1, -0.05) is 22.0 Å². The summed E-state index contributed by atoms with van der Waals surface area (Å²) in [5.41, 5.74) is 3.82. The van der Waals surface area contributed by atoms with Gasteiger partial charge in [-0.3, -0.25) is 4.79 Å². The second kappa shape index (κ2) is 6.92. The van der Waals surface area contributed by atoms with Crippen molar-refractivity contribution >= 4 is 21.8 Å². The molecular formula is C17H16BrN5O. The van der Waals surface area contributed by atoms with E-state index in [9.17, 15) is 4.79 Å². The second-order valence-electron chi connectivity index (χ2n) is 5.47. The SMILES string of the molecule is Cc1ccc(-n2nnnc2CNC(=O)c2ccc(Br)cc2)cc1C. The summed E-state index contributed by atoms with van der Waals surface area (Å²) in [6.07, 6.45) is 0. The summed E-state index contributed by atoms with van der Waals surface area (Å²) >= 11 is 3.35. The van der Waals surface area contributed by atoms with Crippen LogP contribution >= 0.6 is 15.9 Å². The van der Waals surface area contributed by atoms with E-state index in [0.717, 1.165) is 15.7 Å². The lowest BCUT2D eigenvalue weighted by atomic mass is 10.1. The summed E-state index contributed by atoms with van der Waals surface area (Å²) < 4.78 is 2.56. The number of nitrogens with one attached hydrogen (secondary N) is 1. The number of aryl methyl sites for hydroxylation is 2. The summed E-state index contributed by atoms with van der Waals surface area (Å²) in [5, 5.41) is 14.6. The molecule has 6 nitrogen and oxygen atoms in total. The molecule has 122 valence electrons. The van der Waals surface area contributed by atoms with E-state index in [1.165, 1.54) is 5.56 Å². The fraction of sp³-hybridized carbons (Fsp3) is 0.176. The Balaban J connectivity index is 1.75. The first-order valence-electron chi connectivity index (χ1n) is 7.43. The number of hydrogen-bond donors (Lipinski definition) is 1. The Morgan fingerprint density at radius 2 is 1.88 bits per heavy atom. The minimum atomic E-state index is -0.169.